The molecule has 0 saturated heterocycles. The second kappa shape index (κ2) is 25.9. The maximum Gasteiger partial charge on any atom is 0.305 e. The van der Waals surface area contributed by atoms with Crippen LogP contribution in [0.5, 0.6) is 0 Å². The number of rotatable bonds is 19. The van der Waals surface area contributed by atoms with Gasteiger partial charge in [0, 0.05) is 39.3 Å². The Kier molecular flexibility index (Phi) is 26.8. The number of ether oxygens (including phenoxy) is 3. The summed E-state index contributed by atoms with van der Waals surface area (Å²) < 4.78 is 15.6. The number of aliphatic carboxylic acids is 1. The minimum atomic E-state index is -0.717. The van der Waals surface area contributed by atoms with Crippen LogP contribution >= 0.6 is 0 Å². The smallest absolute Gasteiger partial charge is 0.305 e. The predicted octanol–water partition coefficient (Wildman–Crippen LogP) is 5.37. The Balaban J connectivity index is 0. The molecule has 0 bridgehead atoms. The van der Waals surface area contributed by atoms with Gasteiger partial charge in [-0.3, -0.25) is 9.59 Å². The predicted molar refractivity (Wildman–Crippen MR) is 113 cm³/mol. The maximum atomic E-state index is 11.0. The van der Waals surface area contributed by atoms with Crippen LogP contribution in [0.2, 0.25) is 0 Å². The number of carbonyl (C=O) groups is 2. The SMILES string of the molecule is CCCCCOCCCCC(=O)O.CCCCCOCCCCC(=O)OCC. The summed E-state index contributed by atoms with van der Waals surface area (Å²) in [6, 6.07) is 0. The molecule has 0 aliphatic carbocycles. The van der Waals surface area contributed by atoms with Crippen molar-refractivity contribution in [1.82, 2.24) is 0 Å². The summed E-state index contributed by atoms with van der Waals surface area (Å²) in [5, 5.41) is 8.35. The van der Waals surface area contributed by atoms with Gasteiger partial charge >= 0.3 is 11.9 Å². The van der Waals surface area contributed by atoms with Gasteiger partial charge in [-0.25, -0.2) is 0 Å². The van der Waals surface area contributed by atoms with Crippen LogP contribution in [0.25, 0.3) is 0 Å². The molecule has 0 rings (SSSR count). The number of carboxylic acids is 1. The van der Waals surface area contributed by atoms with Crippen LogP contribution in [-0.4, -0.2) is 50.1 Å². The minimum absolute atomic E-state index is 0.0940. The highest BCUT2D eigenvalue weighted by atomic mass is 16.5. The first-order valence-corrected chi connectivity index (χ1v) is 11.1. The number of hydrogen-bond acceptors (Lipinski definition) is 5. The first kappa shape index (κ1) is 29.1. The molecule has 0 aromatic heterocycles. The molecule has 0 aromatic rings. The standard InChI is InChI=1S/C12H24O3.C10H20O3/c1-3-5-7-10-14-11-8-6-9-12(13)15-4-2;1-2-3-5-8-13-9-6-4-7-10(11)12/h3-11H2,1-2H3;2-9H2,1H3,(H,11,12). The summed E-state index contributed by atoms with van der Waals surface area (Å²) in [7, 11) is 0. The van der Waals surface area contributed by atoms with Gasteiger partial charge in [-0.05, 0) is 45.4 Å². The van der Waals surface area contributed by atoms with Crippen LogP contribution in [0.4, 0.5) is 0 Å². The van der Waals surface area contributed by atoms with E-state index in [0.717, 1.165) is 58.3 Å². The first-order valence-electron chi connectivity index (χ1n) is 11.1. The van der Waals surface area contributed by atoms with E-state index < -0.39 is 5.97 Å². The van der Waals surface area contributed by atoms with Gasteiger partial charge in [-0.2, -0.15) is 0 Å². The molecule has 0 amide bonds. The van der Waals surface area contributed by atoms with Crippen molar-refractivity contribution >= 4 is 11.9 Å². The Morgan fingerprint density at radius 3 is 1.46 bits per heavy atom. The second-order valence-corrected chi connectivity index (χ2v) is 6.75. The van der Waals surface area contributed by atoms with Crippen LogP contribution in [0, 0.1) is 0 Å². The molecule has 6 nitrogen and oxygen atoms in total. The van der Waals surface area contributed by atoms with E-state index in [1.54, 1.807) is 0 Å². The van der Waals surface area contributed by atoms with Crippen molar-refractivity contribution in [2.24, 2.45) is 0 Å². The Labute approximate surface area is 172 Å². The lowest BCUT2D eigenvalue weighted by Gasteiger charge is -2.03. The van der Waals surface area contributed by atoms with E-state index >= 15 is 0 Å². The Hall–Kier alpha value is -1.14. The van der Waals surface area contributed by atoms with Gasteiger partial charge in [-0.1, -0.05) is 39.5 Å². The first-order chi connectivity index (χ1) is 13.6. The molecule has 28 heavy (non-hydrogen) atoms. The molecular weight excluding hydrogens is 360 g/mol. The average molecular weight is 405 g/mol. The largest absolute Gasteiger partial charge is 0.481 e. The third-order valence-electron chi connectivity index (χ3n) is 3.94. The fraction of sp³-hybridized carbons (Fsp3) is 0.909. The fourth-order valence-electron chi connectivity index (χ4n) is 2.30. The lowest BCUT2D eigenvalue weighted by molar-refractivity contribution is -0.143. The van der Waals surface area contributed by atoms with Crippen molar-refractivity contribution < 1.29 is 28.9 Å². The van der Waals surface area contributed by atoms with Crippen molar-refractivity contribution in [3.63, 3.8) is 0 Å². The molecule has 0 spiro atoms. The second-order valence-electron chi connectivity index (χ2n) is 6.75. The van der Waals surface area contributed by atoms with Crippen LogP contribution in [0.15, 0.2) is 0 Å². The Morgan fingerprint density at radius 1 is 0.643 bits per heavy atom. The highest BCUT2D eigenvalue weighted by molar-refractivity contribution is 5.69. The number of esters is 1. The van der Waals surface area contributed by atoms with E-state index in [1.165, 1.54) is 25.7 Å². The van der Waals surface area contributed by atoms with Gasteiger partial charge in [-0.15, -0.1) is 0 Å². The van der Waals surface area contributed by atoms with Gasteiger partial charge < -0.3 is 19.3 Å². The summed E-state index contributed by atoms with van der Waals surface area (Å²) in [4.78, 5) is 21.1. The van der Waals surface area contributed by atoms with Gasteiger partial charge in [0.15, 0.2) is 0 Å². The molecule has 0 radical (unpaired) electrons. The molecule has 0 aromatic carbocycles. The van der Waals surface area contributed by atoms with Crippen molar-refractivity contribution in [2.75, 3.05) is 33.0 Å². The van der Waals surface area contributed by atoms with Crippen molar-refractivity contribution in [2.45, 2.75) is 97.8 Å². The number of hydrogen-bond donors (Lipinski definition) is 1. The number of unbranched alkanes of at least 4 members (excludes halogenated alkanes) is 6. The van der Waals surface area contributed by atoms with Gasteiger partial charge in [0.25, 0.3) is 0 Å². The number of carbonyl (C=O) groups excluding carboxylic acids is 1. The quantitative estimate of drug-likeness (QED) is 0.230. The lowest BCUT2D eigenvalue weighted by atomic mass is 10.2. The monoisotopic (exact) mass is 404 g/mol. The fourth-order valence-corrected chi connectivity index (χ4v) is 2.30. The van der Waals surface area contributed by atoms with Crippen LogP contribution in [-0.2, 0) is 23.8 Å². The summed E-state index contributed by atoms with van der Waals surface area (Å²) >= 11 is 0. The highest BCUT2D eigenvalue weighted by Gasteiger charge is 2.00. The van der Waals surface area contributed by atoms with Crippen LogP contribution in [0.1, 0.15) is 97.8 Å². The minimum Gasteiger partial charge on any atom is -0.481 e. The van der Waals surface area contributed by atoms with E-state index in [4.69, 9.17) is 19.3 Å². The molecule has 6 heteroatoms. The van der Waals surface area contributed by atoms with E-state index in [9.17, 15) is 9.59 Å². The van der Waals surface area contributed by atoms with Gasteiger partial charge in [0.2, 0.25) is 0 Å². The highest BCUT2D eigenvalue weighted by Crippen LogP contribution is 2.00. The zero-order chi connectivity index (χ0) is 21.3. The van der Waals surface area contributed by atoms with E-state index in [-0.39, 0.29) is 12.4 Å². The normalized spacial score (nSPS) is 10.2. The number of carboxylic acid groups (broad SMARTS) is 1. The van der Waals surface area contributed by atoms with Crippen molar-refractivity contribution in [1.29, 1.82) is 0 Å². The molecule has 1 N–H and O–H groups in total. The summed E-state index contributed by atoms with van der Waals surface area (Å²) in [5.41, 5.74) is 0. The van der Waals surface area contributed by atoms with Crippen molar-refractivity contribution in [3.05, 3.63) is 0 Å². The molecule has 168 valence electrons. The molecule has 0 atom stereocenters. The molecule has 0 unspecified atom stereocenters. The Bertz CT molecular complexity index is 333. The van der Waals surface area contributed by atoms with Crippen LogP contribution < -0.4 is 0 Å². The average Bonchev–Trinajstić information content (AvgIpc) is 2.66. The maximum absolute atomic E-state index is 11.0. The van der Waals surface area contributed by atoms with E-state index in [0.29, 0.717) is 19.6 Å². The zero-order valence-corrected chi connectivity index (χ0v) is 18.5. The van der Waals surface area contributed by atoms with E-state index in [2.05, 4.69) is 13.8 Å². The summed E-state index contributed by atoms with van der Waals surface area (Å²) in [6.07, 6.45) is 11.3. The van der Waals surface area contributed by atoms with Crippen molar-refractivity contribution in [3.8, 4) is 0 Å². The molecule has 0 aliphatic heterocycles. The van der Waals surface area contributed by atoms with Crippen LogP contribution in [0.3, 0.4) is 0 Å². The molecule has 0 fully saturated rings. The molecule has 0 aliphatic rings. The third kappa shape index (κ3) is 29.6. The van der Waals surface area contributed by atoms with Gasteiger partial charge in [0.05, 0.1) is 6.61 Å². The molecular formula is C22H44O6. The third-order valence-corrected chi connectivity index (χ3v) is 3.94. The molecule has 0 saturated carbocycles. The lowest BCUT2D eigenvalue weighted by Crippen LogP contribution is -2.04. The van der Waals surface area contributed by atoms with Gasteiger partial charge in [0.1, 0.15) is 0 Å². The molecule has 0 heterocycles. The summed E-state index contributed by atoms with van der Waals surface area (Å²) in [6.45, 7) is 9.79. The van der Waals surface area contributed by atoms with E-state index in [1.807, 2.05) is 6.92 Å². The zero-order valence-electron chi connectivity index (χ0n) is 18.5. The Morgan fingerprint density at radius 2 is 1.07 bits per heavy atom. The summed E-state index contributed by atoms with van der Waals surface area (Å²) in [5.74, 6) is -0.811. The topological polar surface area (TPSA) is 82.1 Å².